The lowest BCUT2D eigenvalue weighted by molar-refractivity contribution is 0.217. The van der Waals surface area contributed by atoms with Gasteiger partial charge >= 0.3 is 0 Å². The average Bonchev–Trinajstić information content (AvgIpc) is 2.75. The summed E-state index contributed by atoms with van der Waals surface area (Å²) in [5.41, 5.74) is 1.83. The van der Waals surface area contributed by atoms with Crippen molar-refractivity contribution < 1.29 is 4.74 Å². The Kier molecular flexibility index (Phi) is 2.97. The fourth-order valence-corrected chi connectivity index (χ4v) is 1.63. The van der Waals surface area contributed by atoms with Gasteiger partial charge < -0.3 is 10.1 Å². The van der Waals surface area contributed by atoms with E-state index in [1.165, 1.54) is 0 Å². The van der Waals surface area contributed by atoms with Crippen molar-refractivity contribution in [3.8, 4) is 0 Å². The first-order valence-electron chi connectivity index (χ1n) is 5.10. The highest BCUT2D eigenvalue weighted by molar-refractivity contribution is 5.18. The second-order valence-corrected chi connectivity index (χ2v) is 3.55. The minimum atomic E-state index is 0.0283. The normalized spacial score (nSPS) is 17.1. The van der Waals surface area contributed by atoms with Crippen molar-refractivity contribution in [2.45, 2.75) is 19.4 Å². The van der Waals surface area contributed by atoms with Gasteiger partial charge in [0.15, 0.2) is 0 Å². The van der Waals surface area contributed by atoms with Crippen LogP contribution in [-0.4, -0.2) is 23.6 Å². The molecule has 4 heteroatoms. The summed E-state index contributed by atoms with van der Waals surface area (Å²) in [4.78, 5) is 8.58. The van der Waals surface area contributed by atoms with Crippen LogP contribution >= 0.6 is 0 Å². The molecule has 0 radical (unpaired) electrons. The first kappa shape index (κ1) is 10.1. The highest BCUT2D eigenvalue weighted by atomic mass is 16.5. The minimum absolute atomic E-state index is 0.0283. The van der Waals surface area contributed by atoms with Gasteiger partial charge in [0.25, 0.3) is 0 Å². The van der Waals surface area contributed by atoms with Gasteiger partial charge in [-0.3, -0.25) is 9.97 Å². The molecule has 0 amide bonds. The van der Waals surface area contributed by atoms with E-state index in [0.29, 0.717) is 0 Å². The Bertz CT molecular complexity index is 359. The topological polar surface area (TPSA) is 47.0 Å². The summed E-state index contributed by atoms with van der Waals surface area (Å²) < 4.78 is 5.52. The largest absolute Gasteiger partial charge is 0.496 e. The van der Waals surface area contributed by atoms with Crippen LogP contribution in [0, 0.1) is 6.92 Å². The van der Waals surface area contributed by atoms with Crippen molar-refractivity contribution in [2.24, 2.45) is 0 Å². The lowest BCUT2D eigenvalue weighted by atomic mass is 10.1. The molecule has 1 atom stereocenters. The van der Waals surface area contributed by atoms with Crippen LogP contribution in [0.4, 0.5) is 0 Å². The van der Waals surface area contributed by atoms with Gasteiger partial charge in [-0.2, -0.15) is 0 Å². The molecule has 80 valence electrons. The Labute approximate surface area is 89.4 Å². The number of aromatic nitrogens is 2. The number of hydrogen-bond acceptors (Lipinski definition) is 4. The fraction of sp³-hybridized carbons (Fsp3) is 0.455. The van der Waals surface area contributed by atoms with Crippen molar-refractivity contribution in [3.05, 3.63) is 35.6 Å². The van der Waals surface area contributed by atoms with Crippen LogP contribution in [-0.2, 0) is 4.74 Å². The molecule has 0 spiro atoms. The number of rotatable bonds is 3. The van der Waals surface area contributed by atoms with Crippen LogP contribution in [0.1, 0.15) is 23.9 Å². The third-order valence-electron chi connectivity index (χ3n) is 2.40. The summed E-state index contributed by atoms with van der Waals surface area (Å²) in [5.74, 6) is 0.954. The van der Waals surface area contributed by atoms with Crippen LogP contribution in [0.15, 0.2) is 24.2 Å². The van der Waals surface area contributed by atoms with Crippen molar-refractivity contribution in [1.82, 2.24) is 15.3 Å². The van der Waals surface area contributed by atoms with Gasteiger partial charge in [0.05, 0.1) is 24.2 Å². The molecule has 0 saturated heterocycles. The van der Waals surface area contributed by atoms with E-state index in [1.54, 1.807) is 12.4 Å². The van der Waals surface area contributed by atoms with Gasteiger partial charge in [-0.15, -0.1) is 0 Å². The van der Waals surface area contributed by atoms with E-state index in [0.717, 1.165) is 30.2 Å². The minimum Gasteiger partial charge on any atom is -0.496 e. The molecule has 0 aliphatic carbocycles. The van der Waals surface area contributed by atoms with E-state index in [-0.39, 0.29) is 6.04 Å². The van der Waals surface area contributed by atoms with Crippen molar-refractivity contribution in [2.75, 3.05) is 13.7 Å². The molecular weight excluding hydrogens is 190 g/mol. The maximum Gasteiger partial charge on any atom is 0.115 e. The van der Waals surface area contributed by atoms with Gasteiger partial charge in [-0.1, -0.05) is 0 Å². The Morgan fingerprint density at radius 2 is 2.27 bits per heavy atom. The number of likely N-dealkylation sites (N-methyl/N-ethyl adjacent to an activating group) is 1. The molecular formula is C11H15N3O. The summed E-state index contributed by atoms with van der Waals surface area (Å²) in [6, 6.07) is 0.0283. The first-order valence-corrected chi connectivity index (χ1v) is 5.10. The van der Waals surface area contributed by atoms with E-state index in [2.05, 4.69) is 21.4 Å². The Balaban J connectivity index is 2.22. The molecule has 1 aromatic rings. The van der Waals surface area contributed by atoms with Gasteiger partial charge in [0.2, 0.25) is 0 Å². The van der Waals surface area contributed by atoms with Crippen molar-refractivity contribution in [1.29, 1.82) is 0 Å². The van der Waals surface area contributed by atoms with Crippen molar-refractivity contribution >= 4 is 0 Å². The standard InChI is InChI=1S/C11H15N3O/c1-8-6-14-9(7-13-8)11(12-2)10-4-3-5-15-10/h4,6-7,11-12H,3,5H2,1-2H3. The second-order valence-electron chi connectivity index (χ2n) is 3.55. The van der Waals surface area contributed by atoms with Crippen molar-refractivity contribution in [3.63, 3.8) is 0 Å². The zero-order valence-corrected chi connectivity index (χ0v) is 9.03. The quantitative estimate of drug-likeness (QED) is 0.809. The maximum absolute atomic E-state index is 5.52. The summed E-state index contributed by atoms with van der Waals surface area (Å²) in [6.07, 6.45) is 6.64. The van der Waals surface area contributed by atoms with Crippen LogP contribution in [0.5, 0.6) is 0 Å². The van der Waals surface area contributed by atoms with Crippen LogP contribution in [0.2, 0.25) is 0 Å². The summed E-state index contributed by atoms with van der Waals surface area (Å²) in [5, 5.41) is 3.18. The number of aryl methyl sites for hydroxylation is 1. The van der Waals surface area contributed by atoms with Gasteiger partial charge in [0, 0.05) is 12.6 Å². The number of hydrogen-bond donors (Lipinski definition) is 1. The summed E-state index contributed by atoms with van der Waals surface area (Å²) >= 11 is 0. The first-order chi connectivity index (χ1) is 7.31. The monoisotopic (exact) mass is 205 g/mol. The summed E-state index contributed by atoms with van der Waals surface area (Å²) in [6.45, 7) is 2.70. The molecule has 1 aliphatic heterocycles. The molecule has 0 fully saturated rings. The van der Waals surface area contributed by atoms with E-state index in [4.69, 9.17) is 4.74 Å². The van der Waals surface area contributed by atoms with Crippen LogP contribution in [0.25, 0.3) is 0 Å². The predicted octanol–water partition coefficient (Wildman–Crippen LogP) is 1.35. The average molecular weight is 205 g/mol. The molecule has 15 heavy (non-hydrogen) atoms. The Morgan fingerprint density at radius 3 is 2.80 bits per heavy atom. The SMILES string of the molecule is CNC(C1=CCCO1)c1cnc(C)cn1. The van der Waals surface area contributed by atoms with Gasteiger partial charge in [0.1, 0.15) is 11.8 Å². The molecule has 1 aliphatic rings. The summed E-state index contributed by atoms with van der Waals surface area (Å²) in [7, 11) is 1.90. The maximum atomic E-state index is 5.52. The molecule has 1 N–H and O–H groups in total. The zero-order chi connectivity index (χ0) is 10.7. The van der Waals surface area contributed by atoms with Gasteiger partial charge in [-0.25, -0.2) is 0 Å². The Hall–Kier alpha value is -1.42. The highest BCUT2D eigenvalue weighted by Crippen LogP contribution is 2.24. The Morgan fingerprint density at radius 1 is 1.40 bits per heavy atom. The molecule has 1 unspecified atom stereocenters. The third kappa shape index (κ3) is 2.15. The highest BCUT2D eigenvalue weighted by Gasteiger charge is 2.20. The molecule has 4 nitrogen and oxygen atoms in total. The number of ether oxygens (including phenoxy) is 1. The molecule has 1 aromatic heterocycles. The molecule has 0 saturated carbocycles. The fourth-order valence-electron chi connectivity index (χ4n) is 1.63. The second kappa shape index (κ2) is 4.40. The van der Waals surface area contributed by atoms with E-state index < -0.39 is 0 Å². The number of nitrogens with zero attached hydrogens (tertiary/aromatic N) is 2. The lowest BCUT2D eigenvalue weighted by Crippen LogP contribution is -2.20. The molecule has 0 aromatic carbocycles. The third-order valence-corrected chi connectivity index (χ3v) is 2.40. The van der Waals surface area contributed by atoms with Crippen LogP contribution < -0.4 is 5.32 Å². The predicted molar refractivity (Wildman–Crippen MR) is 57.2 cm³/mol. The number of nitrogens with one attached hydrogen (secondary N) is 1. The van der Waals surface area contributed by atoms with Gasteiger partial charge in [-0.05, 0) is 20.0 Å². The van der Waals surface area contributed by atoms with Crippen LogP contribution in [0.3, 0.4) is 0 Å². The molecule has 0 bridgehead atoms. The van der Waals surface area contributed by atoms with E-state index in [9.17, 15) is 0 Å². The zero-order valence-electron chi connectivity index (χ0n) is 9.03. The smallest absolute Gasteiger partial charge is 0.115 e. The molecule has 2 heterocycles. The lowest BCUT2D eigenvalue weighted by Gasteiger charge is -2.16. The van der Waals surface area contributed by atoms with E-state index >= 15 is 0 Å². The molecule has 2 rings (SSSR count). The van der Waals surface area contributed by atoms with E-state index in [1.807, 2.05) is 14.0 Å².